The van der Waals surface area contributed by atoms with Gasteiger partial charge in [-0.05, 0) is 49.0 Å². The van der Waals surface area contributed by atoms with E-state index < -0.39 is 10.0 Å². The second-order valence-electron chi connectivity index (χ2n) is 7.05. The molecule has 0 spiro atoms. The Morgan fingerprint density at radius 1 is 1.07 bits per heavy atom. The maximum atomic E-state index is 12.7. The van der Waals surface area contributed by atoms with Crippen LogP contribution in [0.1, 0.15) is 5.56 Å². The summed E-state index contributed by atoms with van der Waals surface area (Å²) >= 11 is 0. The van der Waals surface area contributed by atoms with E-state index in [1.807, 2.05) is 7.05 Å². The van der Waals surface area contributed by atoms with Gasteiger partial charge in [-0.3, -0.25) is 4.79 Å². The number of carbonyl (C=O) groups is 1. The first-order chi connectivity index (χ1) is 14.4. The van der Waals surface area contributed by atoms with Crippen LogP contribution in [0.2, 0.25) is 0 Å². The van der Waals surface area contributed by atoms with E-state index in [2.05, 4.69) is 16.3 Å². The molecule has 1 aliphatic heterocycles. The second kappa shape index (κ2) is 9.71. The SMILES string of the molecule is CN1CCN(S(=O)(=O)c2ccc(NC(=O)COc3ccc(CC#N)cc3)cc2)CC1. The number of ether oxygens (including phenoxy) is 1. The molecule has 158 valence electrons. The lowest BCUT2D eigenvalue weighted by atomic mass is 10.2. The molecule has 30 heavy (non-hydrogen) atoms. The van der Waals surface area contributed by atoms with Crippen molar-refractivity contribution in [1.29, 1.82) is 5.26 Å². The van der Waals surface area contributed by atoms with Crippen LogP contribution in [0.15, 0.2) is 53.4 Å². The summed E-state index contributed by atoms with van der Waals surface area (Å²) < 4.78 is 32.4. The van der Waals surface area contributed by atoms with Gasteiger partial charge in [0.05, 0.1) is 17.4 Å². The highest BCUT2D eigenvalue weighted by Crippen LogP contribution is 2.20. The molecule has 0 atom stereocenters. The van der Waals surface area contributed by atoms with Crippen molar-refractivity contribution in [3.05, 3.63) is 54.1 Å². The van der Waals surface area contributed by atoms with E-state index >= 15 is 0 Å². The van der Waals surface area contributed by atoms with E-state index in [1.165, 1.54) is 16.4 Å². The zero-order valence-corrected chi connectivity index (χ0v) is 17.6. The molecule has 0 saturated carbocycles. The highest BCUT2D eigenvalue weighted by molar-refractivity contribution is 7.89. The first kappa shape index (κ1) is 21.8. The van der Waals surface area contributed by atoms with Crippen LogP contribution in [0.3, 0.4) is 0 Å². The van der Waals surface area contributed by atoms with Crippen molar-refractivity contribution in [3.63, 3.8) is 0 Å². The third-order valence-corrected chi connectivity index (χ3v) is 6.73. The summed E-state index contributed by atoms with van der Waals surface area (Å²) in [5.74, 6) is 0.172. The van der Waals surface area contributed by atoms with Crippen LogP contribution < -0.4 is 10.1 Å². The Morgan fingerprint density at radius 3 is 2.30 bits per heavy atom. The number of likely N-dealkylation sites (N-methyl/N-ethyl adjacent to an activating group) is 1. The van der Waals surface area contributed by atoms with Gasteiger partial charge in [0.1, 0.15) is 5.75 Å². The number of amides is 1. The van der Waals surface area contributed by atoms with Crippen molar-refractivity contribution in [2.45, 2.75) is 11.3 Å². The lowest BCUT2D eigenvalue weighted by molar-refractivity contribution is -0.118. The standard InChI is InChI=1S/C21H24N4O4S/c1-24-12-14-25(15-13-24)30(27,28)20-8-4-18(5-9-20)23-21(26)16-29-19-6-2-17(3-7-19)10-11-22/h2-9H,10,12-16H2,1H3,(H,23,26). The third kappa shape index (κ3) is 5.57. The highest BCUT2D eigenvalue weighted by atomic mass is 32.2. The Hall–Kier alpha value is -2.93. The summed E-state index contributed by atoms with van der Waals surface area (Å²) in [6.45, 7) is 2.15. The van der Waals surface area contributed by atoms with Crippen LogP contribution in [0.5, 0.6) is 5.75 Å². The van der Waals surface area contributed by atoms with Crippen LogP contribution in [0.4, 0.5) is 5.69 Å². The van der Waals surface area contributed by atoms with Crippen LogP contribution >= 0.6 is 0 Å². The number of benzene rings is 2. The van der Waals surface area contributed by atoms with Crippen LogP contribution in [-0.2, 0) is 21.2 Å². The lowest BCUT2D eigenvalue weighted by Crippen LogP contribution is -2.46. The van der Waals surface area contributed by atoms with Gasteiger partial charge in [0.2, 0.25) is 10.0 Å². The maximum Gasteiger partial charge on any atom is 0.262 e. The molecule has 1 amide bonds. The van der Waals surface area contributed by atoms with Gasteiger partial charge >= 0.3 is 0 Å². The molecule has 1 aliphatic rings. The molecular formula is C21H24N4O4S. The number of nitrogens with one attached hydrogen (secondary N) is 1. The summed E-state index contributed by atoms with van der Waals surface area (Å²) in [5.41, 5.74) is 1.37. The number of rotatable bonds is 7. The average molecular weight is 429 g/mol. The Morgan fingerprint density at radius 2 is 1.70 bits per heavy atom. The fourth-order valence-electron chi connectivity index (χ4n) is 3.03. The predicted octanol–water partition coefficient (Wildman–Crippen LogP) is 1.71. The number of sulfonamides is 1. The van der Waals surface area contributed by atoms with Gasteiger partial charge in [-0.1, -0.05) is 12.1 Å². The van der Waals surface area contributed by atoms with Gasteiger partial charge in [0, 0.05) is 31.9 Å². The molecule has 2 aromatic carbocycles. The molecule has 1 heterocycles. The fraction of sp³-hybridized carbons (Fsp3) is 0.333. The first-order valence-corrected chi connectivity index (χ1v) is 11.0. The molecule has 0 bridgehead atoms. The molecule has 1 saturated heterocycles. The topological polar surface area (TPSA) is 103 Å². The molecule has 0 radical (unpaired) electrons. The summed E-state index contributed by atoms with van der Waals surface area (Å²) in [6, 6.07) is 15.2. The highest BCUT2D eigenvalue weighted by Gasteiger charge is 2.27. The number of hydrogen-bond donors (Lipinski definition) is 1. The quantitative estimate of drug-likeness (QED) is 0.720. The minimum Gasteiger partial charge on any atom is -0.484 e. The van der Waals surface area contributed by atoms with E-state index in [0.29, 0.717) is 44.0 Å². The van der Waals surface area contributed by atoms with Crippen LogP contribution in [0, 0.1) is 11.3 Å². The molecular weight excluding hydrogens is 404 g/mol. The summed E-state index contributed by atoms with van der Waals surface area (Å²) in [7, 11) is -1.57. The Kier molecular flexibility index (Phi) is 7.05. The van der Waals surface area contributed by atoms with Gasteiger partial charge in [-0.15, -0.1) is 0 Å². The van der Waals surface area contributed by atoms with Crippen molar-refractivity contribution in [3.8, 4) is 11.8 Å². The predicted molar refractivity (Wildman–Crippen MR) is 113 cm³/mol. The molecule has 0 aliphatic carbocycles. The average Bonchev–Trinajstić information content (AvgIpc) is 2.74. The lowest BCUT2D eigenvalue weighted by Gasteiger charge is -2.31. The molecule has 2 aromatic rings. The molecule has 1 fully saturated rings. The van der Waals surface area contributed by atoms with Crippen molar-refractivity contribution >= 4 is 21.6 Å². The molecule has 0 unspecified atom stereocenters. The van der Waals surface area contributed by atoms with Gasteiger partial charge in [0.25, 0.3) is 5.91 Å². The smallest absolute Gasteiger partial charge is 0.262 e. The molecule has 9 heteroatoms. The van der Waals surface area contributed by atoms with E-state index in [9.17, 15) is 13.2 Å². The Bertz CT molecular complexity index is 1010. The number of nitriles is 1. The third-order valence-electron chi connectivity index (χ3n) is 4.81. The Labute approximate surface area is 176 Å². The molecule has 3 rings (SSSR count). The summed E-state index contributed by atoms with van der Waals surface area (Å²) in [5, 5.41) is 11.4. The number of piperazine rings is 1. The van der Waals surface area contributed by atoms with E-state index in [1.54, 1.807) is 36.4 Å². The minimum atomic E-state index is -3.54. The number of carbonyl (C=O) groups excluding carboxylic acids is 1. The van der Waals surface area contributed by atoms with Gasteiger partial charge in [0.15, 0.2) is 6.61 Å². The largest absolute Gasteiger partial charge is 0.484 e. The second-order valence-corrected chi connectivity index (χ2v) is 8.99. The summed E-state index contributed by atoms with van der Waals surface area (Å²) in [6.07, 6.45) is 0.321. The number of anilines is 1. The van der Waals surface area contributed by atoms with Crippen molar-refractivity contribution in [2.24, 2.45) is 0 Å². The Balaban J connectivity index is 1.53. The zero-order chi connectivity index (χ0) is 21.6. The first-order valence-electron chi connectivity index (χ1n) is 9.56. The van der Waals surface area contributed by atoms with Crippen molar-refractivity contribution in [1.82, 2.24) is 9.21 Å². The van der Waals surface area contributed by atoms with Crippen LogP contribution in [0.25, 0.3) is 0 Å². The van der Waals surface area contributed by atoms with Crippen LogP contribution in [-0.4, -0.2) is 63.4 Å². The summed E-state index contributed by atoms with van der Waals surface area (Å²) in [4.78, 5) is 14.4. The normalized spacial score (nSPS) is 15.3. The van der Waals surface area contributed by atoms with E-state index in [4.69, 9.17) is 10.00 Å². The van der Waals surface area contributed by atoms with E-state index in [0.717, 1.165) is 5.56 Å². The molecule has 1 N–H and O–H groups in total. The van der Waals surface area contributed by atoms with E-state index in [-0.39, 0.29) is 17.4 Å². The van der Waals surface area contributed by atoms with Crippen molar-refractivity contribution < 1.29 is 17.9 Å². The molecule has 8 nitrogen and oxygen atoms in total. The molecule has 0 aromatic heterocycles. The fourth-order valence-corrected chi connectivity index (χ4v) is 4.45. The van der Waals surface area contributed by atoms with Gasteiger partial charge in [-0.25, -0.2) is 8.42 Å². The van der Waals surface area contributed by atoms with Gasteiger partial charge < -0.3 is 15.0 Å². The monoisotopic (exact) mass is 428 g/mol. The minimum absolute atomic E-state index is 0.182. The number of hydrogen-bond acceptors (Lipinski definition) is 6. The van der Waals surface area contributed by atoms with Crippen molar-refractivity contribution in [2.75, 3.05) is 45.2 Å². The zero-order valence-electron chi connectivity index (χ0n) is 16.7. The maximum absolute atomic E-state index is 12.7. The van der Waals surface area contributed by atoms with Gasteiger partial charge in [-0.2, -0.15) is 9.57 Å². The number of nitrogens with zero attached hydrogens (tertiary/aromatic N) is 3.